The van der Waals surface area contributed by atoms with Crippen molar-refractivity contribution in [2.45, 2.75) is 12.5 Å². The predicted molar refractivity (Wildman–Crippen MR) is 103 cm³/mol. The van der Waals surface area contributed by atoms with Crippen molar-refractivity contribution in [3.63, 3.8) is 0 Å². The second kappa shape index (κ2) is 7.43. The van der Waals surface area contributed by atoms with Crippen LogP contribution in [-0.4, -0.2) is 48.1 Å². The summed E-state index contributed by atoms with van der Waals surface area (Å²) in [6.45, 7) is 0. The van der Waals surface area contributed by atoms with Gasteiger partial charge in [-0.1, -0.05) is 6.07 Å². The number of amides is 2. The summed E-state index contributed by atoms with van der Waals surface area (Å²) in [5.74, 6) is -2.08. The van der Waals surface area contributed by atoms with E-state index in [0.29, 0.717) is 5.82 Å². The van der Waals surface area contributed by atoms with Crippen LogP contribution in [0.15, 0.2) is 55.4 Å². The number of aromatic nitrogens is 5. The van der Waals surface area contributed by atoms with Crippen molar-refractivity contribution in [1.29, 1.82) is 0 Å². The first-order valence-corrected chi connectivity index (χ1v) is 8.76. The normalized spacial score (nSPS) is 12.0. The monoisotopic (exact) mass is 391 g/mol. The van der Waals surface area contributed by atoms with Crippen LogP contribution in [0.2, 0.25) is 0 Å². The van der Waals surface area contributed by atoms with Crippen LogP contribution in [-0.2, 0) is 16.0 Å². The number of H-pyrrole nitrogens is 2. The Hall–Kier alpha value is -4.21. The standard InChI is InChI=1S/C19H17N7O3/c20-17(28)16(27)13(7-11-8-24-18-12(11)4-6-23-18)25-19(29)14-9-21-10-26(14)15-3-1-2-5-22-15/h1-6,8-10,13,23-24H,7H2,(H2,20,28)(H,25,29). The fourth-order valence-corrected chi connectivity index (χ4v) is 3.14. The number of ketones is 1. The predicted octanol–water partition coefficient (Wildman–Crippen LogP) is 0.472. The van der Waals surface area contributed by atoms with Crippen molar-refractivity contribution < 1.29 is 14.4 Å². The number of imidazole rings is 1. The van der Waals surface area contributed by atoms with Gasteiger partial charge in [0.05, 0.1) is 6.20 Å². The molecule has 1 unspecified atom stereocenters. The quantitative estimate of drug-likeness (QED) is 0.338. The lowest BCUT2D eigenvalue weighted by Crippen LogP contribution is -2.47. The minimum absolute atomic E-state index is 0.100. The van der Waals surface area contributed by atoms with Gasteiger partial charge >= 0.3 is 0 Å². The summed E-state index contributed by atoms with van der Waals surface area (Å²) in [7, 11) is 0. The molecule has 2 amide bonds. The van der Waals surface area contributed by atoms with Crippen LogP contribution in [0.25, 0.3) is 16.9 Å². The van der Waals surface area contributed by atoms with E-state index in [0.717, 1.165) is 16.6 Å². The molecule has 0 fully saturated rings. The van der Waals surface area contributed by atoms with Crippen molar-refractivity contribution in [2.75, 3.05) is 0 Å². The molecule has 0 spiro atoms. The zero-order valence-corrected chi connectivity index (χ0v) is 15.1. The maximum Gasteiger partial charge on any atom is 0.287 e. The summed E-state index contributed by atoms with van der Waals surface area (Å²) in [5, 5.41) is 3.46. The Bertz CT molecular complexity index is 1190. The van der Waals surface area contributed by atoms with Gasteiger partial charge in [0.15, 0.2) is 0 Å². The number of nitrogens with two attached hydrogens (primary N) is 1. The molecule has 0 aliphatic heterocycles. The first-order valence-electron chi connectivity index (χ1n) is 8.76. The van der Waals surface area contributed by atoms with Gasteiger partial charge in [0.25, 0.3) is 11.8 Å². The number of nitrogens with one attached hydrogen (secondary N) is 3. The number of nitrogens with zero attached hydrogens (tertiary/aromatic N) is 3. The molecule has 5 N–H and O–H groups in total. The first-order chi connectivity index (χ1) is 14.0. The van der Waals surface area contributed by atoms with Gasteiger partial charge in [-0.15, -0.1) is 0 Å². The molecule has 146 valence electrons. The highest BCUT2D eigenvalue weighted by molar-refractivity contribution is 6.38. The number of carbonyl (C=O) groups is 3. The van der Waals surface area contributed by atoms with Gasteiger partial charge in [0.1, 0.15) is 29.5 Å². The number of Topliss-reactive ketones (excluding diaryl/α,β-unsaturated/α-hetero) is 1. The Labute approximate surface area is 164 Å². The van der Waals surface area contributed by atoms with E-state index >= 15 is 0 Å². The van der Waals surface area contributed by atoms with Gasteiger partial charge < -0.3 is 21.0 Å². The topological polar surface area (TPSA) is 152 Å². The molecule has 0 aliphatic carbocycles. The number of primary amides is 1. The van der Waals surface area contributed by atoms with Crippen LogP contribution < -0.4 is 11.1 Å². The Morgan fingerprint density at radius 3 is 2.83 bits per heavy atom. The molecule has 0 aromatic carbocycles. The highest BCUT2D eigenvalue weighted by Crippen LogP contribution is 2.19. The Balaban J connectivity index is 1.61. The molecule has 10 nitrogen and oxygen atoms in total. The third kappa shape index (κ3) is 3.50. The number of hydrogen-bond acceptors (Lipinski definition) is 5. The van der Waals surface area contributed by atoms with E-state index in [4.69, 9.17) is 5.73 Å². The third-order valence-corrected chi connectivity index (χ3v) is 4.54. The van der Waals surface area contributed by atoms with Crippen molar-refractivity contribution in [3.05, 3.63) is 66.6 Å². The van der Waals surface area contributed by atoms with Gasteiger partial charge in [-0.2, -0.15) is 0 Å². The van der Waals surface area contributed by atoms with Crippen LogP contribution in [0.5, 0.6) is 0 Å². The van der Waals surface area contributed by atoms with Crippen molar-refractivity contribution in [1.82, 2.24) is 29.8 Å². The number of rotatable bonds is 7. The van der Waals surface area contributed by atoms with Crippen molar-refractivity contribution in [3.8, 4) is 5.82 Å². The molecule has 0 saturated carbocycles. The zero-order valence-electron chi connectivity index (χ0n) is 15.1. The lowest BCUT2D eigenvalue weighted by molar-refractivity contribution is -0.137. The lowest BCUT2D eigenvalue weighted by Gasteiger charge is -2.16. The molecule has 4 rings (SSSR count). The van der Waals surface area contributed by atoms with Crippen molar-refractivity contribution in [2.24, 2.45) is 5.73 Å². The molecule has 4 heterocycles. The lowest BCUT2D eigenvalue weighted by atomic mass is 10.0. The zero-order chi connectivity index (χ0) is 20.4. The summed E-state index contributed by atoms with van der Waals surface area (Å²) in [5.41, 5.74) is 6.91. The second-order valence-electron chi connectivity index (χ2n) is 6.38. The fraction of sp³-hybridized carbons (Fsp3) is 0.105. The van der Waals surface area contributed by atoms with Gasteiger partial charge in [0, 0.05) is 30.4 Å². The number of aromatic amines is 2. The highest BCUT2D eigenvalue weighted by Gasteiger charge is 2.28. The van der Waals surface area contributed by atoms with Crippen LogP contribution in [0, 0.1) is 0 Å². The Morgan fingerprint density at radius 2 is 2.07 bits per heavy atom. The molecule has 1 atom stereocenters. The van der Waals surface area contributed by atoms with Gasteiger partial charge in [0.2, 0.25) is 5.78 Å². The van der Waals surface area contributed by atoms with E-state index in [1.54, 1.807) is 36.8 Å². The van der Waals surface area contributed by atoms with E-state index in [1.807, 2.05) is 6.07 Å². The molecule has 0 saturated heterocycles. The third-order valence-electron chi connectivity index (χ3n) is 4.54. The minimum atomic E-state index is -1.12. The summed E-state index contributed by atoms with van der Waals surface area (Å²) in [6, 6.07) is 5.95. The Kier molecular flexibility index (Phi) is 4.65. The van der Waals surface area contributed by atoms with E-state index in [-0.39, 0.29) is 12.1 Å². The summed E-state index contributed by atoms with van der Waals surface area (Å²) in [6.07, 6.45) is 7.95. The number of hydrogen-bond donors (Lipinski definition) is 4. The molecule has 29 heavy (non-hydrogen) atoms. The van der Waals surface area contributed by atoms with Crippen LogP contribution in [0.1, 0.15) is 16.1 Å². The van der Waals surface area contributed by atoms with Crippen LogP contribution in [0.4, 0.5) is 0 Å². The average Bonchev–Trinajstić information content (AvgIpc) is 3.45. The summed E-state index contributed by atoms with van der Waals surface area (Å²) >= 11 is 0. The molecule has 4 aromatic heterocycles. The smallest absolute Gasteiger partial charge is 0.287 e. The minimum Gasteiger partial charge on any atom is -0.363 e. The van der Waals surface area contributed by atoms with E-state index in [9.17, 15) is 14.4 Å². The number of carbonyl (C=O) groups excluding carboxylic acids is 3. The highest BCUT2D eigenvalue weighted by atomic mass is 16.2. The van der Waals surface area contributed by atoms with Gasteiger partial charge in [-0.3, -0.25) is 19.0 Å². The molecular formula is C19H17N7O3. The molecular weight excluding hydrogens is 374 g/mol. The van der Waals surface area contributed by atoms with Crippen molar-refractivity contribution >= 4 is 28.6 Å². The maximum absolute atomic E-state index is 12.9. The number of fused-ring (bicyclic) bond motifs is 1. The molecule has 0 bridgehead atoms. The largest absolute Gasteiger partial charge is 0.363 e. The molecule has 10 heteroatoms. The fourth-order valence-electron chi connectivity index (χ4n) is 3.14. The maximum atomic E-state index is 12.9. The van der Waals surface area contributed by atoms with Crippen LogP contribution in [0.3, 0.4) is 0 Å². The van der Waals surface area contributed by atoms with Gasteiger partial charge in [-0.25, -0.2) is 9.97 Å². The molecule has 4 aromatic rings. The second-order valence-corrected chi connectivity index (χ2v) is 6.38. The van der Waals surface area contributed by atoms with E-state index < -0.39 is 23.6 Å². The van der Waals surface area contributed by atoms with Gasteiger partial charge in [-0.05, 0) is 23.8 Å². The van der Waals surface area contributed by atoms with E-state index in [1.165, 1.54) is 17.1 Å². The SMILES string of the molecule is NC(=O)C(=O)C(Cc1c[nH]c2[nH]ccc12)NC(=O)c1cncn1-c1ccccn1. The number of pyridine rings is 1. The summed E-state index contributed by atoms with van der Waals surface area (Å²) < 4.78 is 1.49. The molecule has 0 radical (unpaired) electrons. The summed E-state index contributed by atoms with van der Waals surface area (Å²) in [4.78, 5) is 51.0. The van der Waals surface area contributed by atoms with E-state index in [2.05, 4.69) is 25.3 Å². The Morgan fingerprint density at radius 1 is 1.21 bits per heavy atom. The first kappa shape index (κ1) is 18.2. The average molecular weight is 391 g/mol. The molecule has 0 aliphatic rings. The van der Waals surface area contributed by atoms with Crippen LogP contribution >= 0.6 is 0 Å².